The Morgan fingerprint density at radius 2 is 1.55 bits per heavy atom. The molecule has 0 radical (unpaired) electrons. The summed E-state index contributed by atoms with van der Waals surface area (Å²) in [6.45, 7) is 0.855. The molecule has 0 aliphatic carbocycles. The molecule has 0 unspecified atom stereocenters. The van der Waals surface area contributed by atoms with Gasteiger partial charge in [-0.1, -0.05) is 24.3 Å². The van der Waals surface area contributed by atoms with Gasteiger partial charge in [0.2, 0.25) is 0 Å². The number of carbonyl (C=O) groups is 4. The van der Waals surface area contributed by atoms with E-state index in [0.717, 1.165) is 5.56 Å². The highest BCUT2D eigenvalue weighted by atomic mass is 16.5. The number of ether oxygens (including phenoxy) is 1. The maximum Gasteiger partial charge on any atom is 0.337 e. The second kappa shape index (κ2) is 9.01. The summed E-state index contributed by atoms with van der Waals surface area (Å²) < 4.78 is 4.63. The van der Waals surface area contributed by atoms with E-state index < -0.39 is 5.97 Å². The van der Waals surface area contributed by atoms with Gasteiger partial charge in [-0.3, -0.25) is 14.5 Å². The van der Waals surface area contributed by atoms with Crippen LogP contribution in [0.25, 0.3) is 0 Å². The van der Waals surface area contributed by atoms with Gasteiger partial charge >= 0.3 is 12.0 Å². The van der Waals surface area contributed by atoms with Gasteiger partial charge in [-0.15, -0.1) is 0 Å². The molecule has 0 aromatic heterocycles. The molecule has 2 aromatic carbocycles. The number of methoxy groups -OCH3 is 1. The van der Waals surface area contributed by atoms with Crippen LogP contribution < -0.4 is 10.6 Å². The van der Waals surface area contributed by atoms with Crippen LogP contribution in [-0.2, 0) is 11.3 Å². The van der Waals surface area contributed by atoms with Crippen LogP contribution in [0.15, 0.2) is 48.5 Å². The number of hydrogen-bond acceptors (Lipinski definition) is 5. The Morgan fingerprint density at radius 3 is 2.14 bits per heavy atom. The molecule has 4 amide bonds. The lowest BCUT2D eigenvalue weighted by atomic mass is 10.1. The van der Waals surface area contributed by atoms with E-state index in [9.17, 15) is 19.2 Å². The predicted octanol–water partition coefficient (Wildman–Crippen LogP) is 1.96. The summed E-state index contributed by atoms with van der Waals surface area (Å²) in [7, 11) is 1.32. The molecular weight excluding hydrogens is 374 g/mol. The second-order valence-electron chi connectivity index (χ2n) is 6.46. The zero-order valence-electron chi connectivity index (χ0n) is 15.9. The van der Waals surface area contributed by atoms with Gasteiger partial charge in [0.1, 0.15) is 0 Å². The number of benzene rings is 2. The number of nitrogens with one attached hydrogen (secondary N) is 2. The molecule has 3 rings (SSSR count). The van der Waals surface area contributed by atoms with Gasteiger partial charge in [0, 0.05) is 19.6 Å². The first kappa shape index (κ1) is 20.1. The number of carbonyl (C=O) groups excluding carboxylic acids is 4. The molecule has 0 spiro atoms. The van der Waals surface area contributed by atoms with Crippen LogP contribution in [-0.4, -0.2) is 48.9 Å². The molecule has 0 fully saturated rings. The van der Waals surface area contributed by atoms with Crippen molar-refractivity contribution in [1.29, 1.82) is 0 Å². The molecule has 0 saturated heterocycles. The molecule has 1 heterocycles. The molecule has 2 aromatic rings. The summed E-state index contributed by atoms with van der Waals surface area (Å²) in [6, 6.07) is 13.1. The number of nitrogens with zero attached hydrogens (tertiary/aromatic N) is 1. The number of urea groups is 1. The summed E-state index contributed by atoms with van der Waals surface area (Å²) in [6.07, 6.45) is 0.451. The Labute approximate surface area is 167 Å². The van der Waals surface area contributed by atoms with Gasteiger partial charge in [-0.25, -0.2) is 9.59 Å². The molecule has 2 N–H and O–H groups in total. The smallest absolute Gasteiger partial charge is 0.337 e. The highest BCUT2D eigenvalue weighted by Gasteiger charge is 2.34. The van der Waals surface area contributed by atoms with Gasteiger partial charge in [0.05, 0.1) is 23.8 Å². The molecule has 8 heteroatoms. The number of esters is 1. The molecule has 0 bridgehead atoms. The minimum atomic E-state index is -0.416. The molecule has 1 aliphatic heterocycles. The Morgan fingerprint density at radius 1 is 0.931 bits per heavy atom. The van der Waals surface area contributed by atoms with E-state index in [1.807, 2.05) is 0 Å². The van der Waals surface area contributed by atoms with Crippen LogP contribution >= 0.6 is 0 Å². The summed E-state index contributed by atoms with van der Waals surface area (Å²) in [4.78, 5) is 49.0. The first-order valence-electron chi connectivity index (χ1n) is 9.15. The summed E-state index contributed by atoms with van der Waals surface area (Å²) in [5, 5.41) is 5.40. The topological polar surface area (TPSA) is 105 Å². The average Bonchev–Trinajstić information content (AvgIpc) is 3.00. The third kappa shape index (κ3) is 4.60. The molecular formula is C21H21N3O5. The zero-order chi connectivity index (χ0) is 20.8. The average molecular weight is 395 g/mol. The number of hydrogen-bond donors (Lipinski definition) is 2. The minimum Gasteiger partial charge on any atom is -0.465 e. The van der Waals surface area contributed by atoms with Gasteiger partial charge in [-0.2, -0.15) is 0 Å². The van der Waals surface area contributed by atoms with Crippen molar-refractivity contribution in [3.05, 3.63) is 70.8 Å². The van der Waals surface area contributed by atoms with Crippen LogP contribution in [0.5, 0.6) is 0 Å². The van der Waals surface area contributed by atoms with Crippen LogP contribution in [0.3, 0.4) is 0 Å². The molecule has 1 aliphatic rings. The largest absolute Gasteiger partial charge is 0.465 e. The van der Waals surface area contributed by atoms with Crippen molar-refractivity contribution >= 4 is 23.8 Å². The van der Waals surface area contributed by atoms with Crippen molar-refractivity contribution in [3.8, 4) is 0 Å². The summed E-state index contributed by atoms with van der Waals surface area (Å²) in [5.41, 5.74) is 2.11. The minimum absolute atomic E-state index is 0.238. The van der Waals surface area contributed by atoms with Crippen molar-refractivity contribution < 1.29 is 23.9 Å². The predicted molar refractivity (Wildman–Crippen MR) is 104 cm³/mol. The van der Waals surface area contributed by atoms with E-state index in [1.54, 1.807) is 48.5 Å². The van der Waals surface area contributed by atoms with Gasteiger partial charge in [0.15, 0.2) is 0 Å². The van der Waals surface area contributed by atoms with Crippen molar-refractivity contribution in [1.82, 2.24) is 15.5 Å². The zero-order valence-corrected chi connectivity index (χ0v) is 15.9. The van der Waals surface area contributed by atoms with Gasteiger partial charge in [0.25, 0.3) is 11.8 Å². The Balaban J connectivity index is 1.38. The van der Waals surface area contributed by atoms with E-state index >= 15 is 0 Å². The summed E-state index contributed by atoms with van der Waals surface area (Å²) in [5.74, 6) is -1.02. The molecule has 0 saturated carbocycles. The van der Waals surface area contributed by atoms with Crippen LogP contribution in [0.2, 0.25) is 0 Å². The highest BCUT2D eigenvalue weighted by molar-refractivity contribution is 6.21. The van der Waals surface area contributed by atoms with Crippen molar-refractivity contribution in [2.75, 3.05) is 20.2 Å². The monoisotopic (exact) mass is 395 g/mol. The van der Waals surface area contributed by atoms with E-state index in [0.29, 0.717) is 36.2 Å². The number of amides is 4. The fourth-order valence-electron chi connectivity index (χ4n) is 3.00. The van der Waals surface area contributed by atoms with E-state index in [1.165, 1.54) is 12.0 Å². The van der Waals surface area contributed by atoms with Gasteiger partial charge < -0.3 is 15.4 Å². The maximum atomic E-state index is 12.3. The van der Waals surface area contributed by atoms with Crippen molar-refractivity contribution in [3.63, 3.8) is 0 Å². The van der Waals surface area contributed by atoms with Crippen molar-refractivity contribution in [2.24, 2.45) is 0 Å². The van der Waals surface area contributed by atoms with E-state index in [2.05, 4.69) is 15.4 Å². The Bertz CT molecular complexity index is 905. The lowest BCUT2D eigenvalue weighted by Gasteiger charge is -2.14. The van der Waals surface area contributed by atoms with Crippen LogP contribution in [0, 0.1) is 0 Å². The third-order valence-corrected chi connectivity index (χ3v) is 4.55. The molecule has 8 nitrogen and oxygen atoms in total. The Hall–Kier alpha value is -3.68. The van der Waals surface area contributed by atoms with Crippen molar-refractivity contribution in [2.45, 2.75) is 13.0 Å². The molecule has 29 heavy (non-hydrogen) atoms. The fraction of sp³-hybridized carbons (Fsp3) is 0.238. The standard InChI is InChI=1S/C21H21N3O5/c1-29-20(27)15-9-7-14(8-10-15)13-23-21(28)22-11-4-12-24-18(25)16-5-2-3-6-17(16)19(24)26/h2-3,5-10H,4,11-13H2,1H3,(H2,22,23,28). The summed E-state index contributed by atoms with van der Waals surface area (Å²) >= 11 is 0. The SMILES string of the molecule is COC(=O)c1ccc(CNC(=O)NCCCN2C(=O)c3ccccc3C2=O)cc1. The Kier molecular flexibility index (Phi) is 6.23. The normalized spacial score (nSPS) is 12.5. The van der Waals surface area contributed by atoms with Crippen LogP contribution in [0.4, 0.5) is 4.79 Å². The fourth-order valence-corrected chi connectivity index (χ4v) is 3.00. The first-order valence-corrected chi connectivity index (χ1v) is 9.15. The van der Waals surface area contributed by atoms with Crippen LogP contribution in [0.1, 0.15) is 43.1 Å². The number of rotatable bonds is 7. The quantitative estimate of drug-likeness (QED) is 0.424. The number of fused-ring (bicyclic) bond motifs is 1. The lowest BCUT2D eigenvalue weighted by molar-refractivity contribution is 0.0598. The van der Waals surface area contributed by atoms with Gasteiger partial charge in [-0.05, 0) is 36.2 Å². The second-order valence-corrected chi connectivity index (χ2v) is 6.46. The molecule has 150 valence electrons. The lowest BCUT2D eigenvalue weighted by Crippen LogP contribution is -2.37. The van der Waals surface area contributed by atoms with E-state index in [-0.39, 0.29) is 24.4 Å². The first-order chi connectivity index (χ1) is 14.0. The molecule has 0 atom stereocenters. The third-order valence-electron chi connectivity index (χ3n) is 4.55. The number of imide groups is 1. The maximum absolute atomic E-state index is 12.3. The highest BCUT2D eigenvalue weighted by Crippen LogP contribution is 2.22. The van der Waals surface area contributed by atoms with E-state index in [4.69, 9.17) is 0 Å².